The SMILES string of the molecule is Cc1ccnn1Cc1cc(-c2nc(CCl)cs2)ccc1F. The maximum absolute atomic E-state index is 14.0. The highest BCUT2D eigenvalue weighted by atomic mass is 35.5. The smallest absolute Gasteiger partial charge is 0.128 e. The van der Waals surface area contributed by atoms with Crippen LogP contribution in [-0.4, -0.2) is 14.8 Å². The molecule has 6 heteroatoms. The first kappa shape index (κ1) is 14.2. The van der Waals surface area contributed by atoms with Crippen LogP contribution in [0.25, 0.3) is 10.6 Å². The minimum atomic E-state index is -0.234. The Bertz CT molecular complexity index is 766. The maximum atomic E-state index is 14.0. The summed E-state index contributed by atoms with van der Waals surface area (Å²) in [6, 6.07) is 6.94. The van der Waals surface area contributed by atoms with Crippen molar-refractivity contribution in [2.24, 2.45) is 0 Å². The zero-order valence-corrected chi connectivity index (χ0v) is 13.0. The van der Waals surface area contributed by atoms with E-state index in [0.29, 0.717) is 18.0 Å². The predicted molar refractivity (Wildman–Crippen MR) is 83.1 cm³/mol. The van der Waals surface area contributed by atoms with E-state index in [9.17, 15) is 4.39 Å². The lowest BCUT2D eigenvalue weighted by Crippen LogP contribution is -2.05. The van der Waals surface area contributed by atoms with Gasteiger partial charge in [0.2, 0.25) is 0 Å². The van der Waals surface area contributed by atoms with Crippen LogP contribution in [0.1, 0.15) is 17.0 Å². The second kappa shape index (κ2) is 5.95. The van der Waals surface area contributed by atoms with Crippen LogP contribution in [0.15, 0.2) is 35.8 Å². The number of halogens is 2. The normalized spacial score (nSPS) is 11.0. The van der Waals surface area contributed by atoms with E-state index in [1.54, 1.807) is 16.9 Å². The molecular weight excluding hydrogens is 309 g/mol. The van der Waals surface area contributed by atoms with Crippen molar-refractivity contribution in [2.45, 2.75) is 19.3 Å². The van der Waals surface area contributed by atoms with E-state index in [0.717, 1.165) is 22.0 Å². The molecule has 0 aliphatic carbocycles. The fourth-order valence-corrected chi connectivity index (χ4v) is 3.10. The Morgan fingerprint density at radius 1 is 1.33 bits per heavy atom. The fraction of sp³-hybridized carbons (Fsp3) is 0.200. The molecule has 3 rings (SSSR count). The Balaban J connectivity index is 1.94. The van der Waals surface area contributed by atoms with Crippen molar-refractivity contribution in [2.75, 3.05) is 0 Å². The van der Waals surface area contributed by atoms with Crippen molar-refractivity contribution in [1.29, 1.82) is 0 Å². The highest BCUT2D eigenvalue weighted by molar-refractivity contribution is 7.13. The minimum absolute atomic E-state index is 0.234. The van der Waals surface area contributed by atoms with Crippen LogP contribution in [0.5, 0.6) is 0 Å². The van der Waals surface area contributed by atoms with E-state index in [1.165, 1.54) is 17.4 Å². The van der Waals surface area contributed by atoms with Gasteiger partial charge in [0.1, 0.15) is 10.8 Å². The first-order valence-electron chi connectivity index (χ1n) is 6.45. The molecule has 3 aromatic rings. The van der Waals surface area contributed by atoms with Gasteiger partial charge in [0, 0.05) is 28.4 Å². The average Bonchev–Trinajstić information content (AvgIpc) is 3.11. The van der Waals surface area contributed by atoms with E-state index in [2.05, 4.69) is 10.1 Å². The molecule has 2 aromatic heterocycles. The van der Waals surface area contributed by atoms with Crippen molar-refractivity contribution < 1.29 is 4.39 Å². The number of benzene rings is 1. The summed E-state index contributed by atoms with van der Waals surface area (Å²) in [5, 5.41) is 6.96. The molecule has 0 atom stereocenters. The number of alkyl halides is 1. The third kappa shape index (κ3) is 2.99. The zero-order chi connectivity index (χ0) is 14.8. The Hall–Kier alpha value is -1.72. The summed E-state index contributed by atoms with van der Waals surface area (Å²) in [6.45, 7) is 2.36. The molecule has 0 amide bonds. The van der Waals surface area contributed by atoms with Gasteiger partial charge in [-0.25, -0.2) is 9.37 Å². The molecule has 0 spiro atoms. The predicted octanol–water partition coefficient (Wildman–Crippen LogP) is 4.24. The van der Waals surface area contributed by atoms with Crippen LogP contribution in [-0.2, 0) is 12.4 Å². The van der Waals surface area contributed by atoms with Gasteiger partial charge in [-0.05, 0) is 31.2 Å². The van der Waals surface area contributed by atoms with Crippen LogP contribution in [0, 0.1) is 12.7 Å². The lowest BCUT2D eigenvalue weighted by Gasteiger charge is -2.07. The molecule has 1 aromatic carbocycles. The van der Waals surface area contributed by atoms with E-state index < -0.39 is 0 Å². The summed E-state index contributed by atoms with van der Waals surface area (Å²) in [4.78, 5) is 4.43. The highest BCUT2D eigenvalue weighted by Crippen LogP contribution is 2.26. The largest absolute Gasteiger partial charge is 0.265 e. The van der Waals surface area contributed by atoms with Crippen molar-refractivity contribution in [3.8, 4) is 10.6 Å². The summed E-state index contributed by atoms with van der Waals surface area (Å²) >= 11 is 7.28. The number of hydrogen-bond acceptors (Lipinski definition) is 3. The standard InChI is InChI=1S/C15H13ClFN3S/c1-10-4-5-18-20(10)8-12-6-11(2-3-14(12)17)15-19-13(7-16)9-21-15/h2-6,9H,7-8H2,1H3. The first-order valence-corrected chi connectivity index (χ1v) is 7.86. The summed E-state index contributed by atoms with van der Waals surface area (Å²) in [5.74, 6) is 0.152. The third-order valence-electron chi connectivity index (χ3n) is 3.23. The van der Waals surface area contributed by atoms with Gasteiger partial charge in [0.25, 0.3) is 0 Å². The van der Waals surface area contributed by atoms with E-state index in [1.807, 2.05) is 24.4 Å². The molecule has 0 N–H and O–H groups in total. The monoisotopic (exact) mass is 321 g/mol. The lowest BCUT2D eigenvalue weighted by atomic mass is 10.1. The molecule has 3 nitrogen and oxygen atoms in total. The number of aryl methyl sites for hydroxylation is 1. The van der Waals surface area contributed by atoms with Gasteiger partial charge >= 0.3 is 0 Å². The summed E-state index contributed by atoms with van der Waals surface area (Å²) < 4.78 is 15.8. The van der Waals surface area contributed by atoms with Gasteiger partial charge in [-0.2, -0.15) is 5.10 Å². The topological polar surface area (TPSA) is 30.7 Å². The quantitative estimate of drug-likeness (QED) is 0.673. The molecule has 108 valence electrons. The van der Waals surface area contributed by atoms with E-state index in [-0.39, 0.29) is 5.82 Å². The number of nitrogens with zero attached hydrogens (tertiary/aromatic N) is 3. The van der Waals surface area contributed by atoms with Gasteiger partial charge < -0.3 is 0 Å². The average molecular weight is 322 g/mol. The van der Waals surface area contributed by atoms with Gasteiger partial charge in [-0.1, -0.05) is 0 Å². The van der Waals surface area contributed by atoms with Gasteiger partial charge in [0.15, 0.2) is 0 Å². The molecule has 0 bridgehead atoms. The van der Waals surface area contributed by atoms with Crippen LogP contribution in [0.4, 0.5) is 4.39 Å². The Morgan fingerprint density at radius 2 is 2.19 bits per heavy atom. The van der Waals surface area contributed by atoms with Crippen molar-refractivity contribution >= 4 is 22.9 Å². The van der Waals surface area contributed by atoms with Crippen LogP contribution in [0.2, 0.25) is 0 Å². The van der Waals surface area contributed by atoms with Crippen molar-refractivity contribution in [1.82, 2.24) is 14.8 Å². The first-order chi connectivity index (χ1) is 10.2. The fourth-order valence-electron chi connectivity index (χ4n) is 2.06. The third-order valence-corrected chi connectivity index (χ3v) is 4.44. The second-order valence-electron chi connectivity index (χ2n) is 4.71. The molecule has 0 aliphatic heterocycles. The lowest BCUT2D eigenvalue weighted by molar-refractivity contribution is 0.580. The molecule has 0 radical (unpaired) electrons. The Morgan fingerprint density at radius 3 is 2.86 bits per heavy atom. The Labute approximate surface area is 131 Å². The number of aromatic nitrogens is 3. The zero-order valence-electron chi connectivity index (χ0n) is 11.4. The highest BCUT2D eigenvalue weighted by Gasteiger charge is 2.10. The van der Waals surface area contributed by atoms with Crippen LogP contribution in [0.3, 0.4) is 0 Å². The molecule has 0 saturated heterocycles. The second-order valence-corrected chi connectivity index (χ2v) is 5.84. The van der Waals surface area contributed by atoms with Gasteiger partial charge in [0.05, 0.1) is 18.1 Å². The van der Waals surface area contributed by atoms with Crippen LogP contribution < -0.4 is 0 Å². The van der Waals surface area contributed by atoms with Crippen molar-refractivity contribution in [3.05, 3.63) is 58.6 Å². The number of rotatable bonds is 4. The minimum Gasteiger partial charge on any atom is -0.265 e. The Kier molecular flexibility index (Phi) is 4.03. The number of hydrogen-bond donors (Lipinski definition) is 0. The summed E-state index contributed by atoms with van der Waals surface area (Å²) in [5.41, 5.74) is 3.34. The van der Waals surface area contributed by atoms with Crippen molar-refractivity contribution in [3.63, 3.8) is 0 Å². The molecule has 0 unspecified atom stereocenters. The molecule has 21 heavy (non-hydrogen) atoms. The van der Waals surface area contributed by atoms with Gasteiger partial charge in [-0.3, -0.25) is 4.68 Å². The van der Waals surface area contributed by atoms with E-state index in [4.69, 9.17) is 11.6 Å². The van der Waals surface area contributed by atoms with Crippen LogP contribution >= 0.6 is 22.9 Å². The molecule has 2 heterocycles. The van der Waals surface area contributed by atoms with E-state index >= 15 is 0 Å². The van der Waals surface area contributed by atoms with Gasteiger partial charge in [-0.15, -0.1) is 22.9 Å². The summed E-state index contributed by atoms with van der Waals surface area (Å²) in [6.07, 6.45) is 1.71. The molecular formula is C15H13ClFN3S. The number of thiazole rings is 1. The molecule has 0 saturated carbocycles. The molecule has 0 fully saturated rings. The summed E-state index contributed by atoms with van der Waals surface area (Å²) in [7, 11) is 0. The molecule has 0 aliphatic rings. The maximum Gasteiger partial charge on any atom is 0.128 e.